The molecule has 0 saturated carbocycles. The number of halogens is 2. The quantitative estimate of drug-likeness (QED) is 0.900. The maximum absolute atomic E-state index is 12.4. The molecule has 1 atom stereocenters. The molecule has 0 heterocycles. The van der Waals surface area contributed by atoms with Crippen molar-refractivity contribution >= 4 is 29.1 Å². The summed E-state index contributed by atoms with van der Waals surface area (Å²) in [6, 6.07) is 12.1. The first kappa shape index (κ1) is 15.7. The molecule has 5 heteroatoms. The van der Waals surface area contributed by atoms with E-state index in [0.717, 1.165) is 5.56 Å². The fourth-order valence-electron chi connectivity index (χ4n) is 1.97. The lowest BCUT2D eigenvalue weighted by Crippen LogP contribution is -2.27. The van der Waals surface area contributed by atoms with E-state index in [0.29, 0.717) is 21.4 Å². The fraction of sp³-hybridized carbons (Fsp3) is 0.188. The van der Waals surface area contributed by atoms with E-state index in [1.807, 2.05) is 19.1 Å². The van der Waals surface area contributed by atoms with Gasteiger partial charge < -0.3 is 10.1 Å². The second-order valence-electron chi connectivity index (χ2n) is 4.59. The summed E-state index contributed by atoms with van der Waals surface area (Å²) in [5.74, 6) is 0.247. The normalized spacial score (nSPS) is 11.8. The van der Waals surface area contributed by atoms with Crippen molar-refractivity contribution in [3.63, 3.8) is 0 Å². The number of ether oxygens (including phenoxy) is 1. The molecule has 0 aliphatic heterocycles. The minimum absolute atomic E-state index is 0.154. The third-order valence-electron chi connectivity index (χ3n) is 3.12. The maximum Gasteiger partial charge on any atom is 0.255 e. The third kappa shape index (κ3) is 3.90. The topological polar surface area (TPSA) is 38.3 Å². The van der Waals surface area contributed by atoms with Gasteiger partial charge in [0.25, 0.3) is 5.91 Å². The molecule has 0 bridgehead atoms. The summed E-state index contributed by atoms with van der Waals surface area (Å²) in [6.45, 7) is 1.90. The Balaban J connectivity index is 2.17. The van der Waals surface area contributed by atoms with Crippen LogP contribution in [0.2, 0.25) is 10.0 Å². The molecular formula is C16H15Cl2NO2. The SMILES string of the molecule is COc1ccc(Cl)cc1C(=O)N[C@@H](C)c1ccc(Cl)cc1. The van der Waals surface area contributed by atoms with Gasteiger partial charge in [0, 0.05) is 10.0 Å². The zero-order valence-corrected chi connectivity index (χ0v) is 13.2. The molecule has 0 spiro atoms. The summed E-state index contributed by atoms with van der Waals surface area (Å²) in [6.07, 6.45) is 0. The van der Waals surface area contributed by atoms with Crippen LogP contribution in [0.25, 0.3) is 0 Å². The number of benzene rings is 2. The second kappa shape index (κ2) is 6.83. The molecule has 110 valence electrons. The highest BCUT2D eigenvalue weighted by molar-refractivity contribution is 6.31. The number of carbonyl (C=O) groups is 1. The van der Waals surface area contributed by atoms with Crippen molar-refractivity contribution in [3.8, 4) is 5.75 Å². The van der Waals surface area contributed by atoms with Crippen LogP contribution in [-0.2, 0) is 0 Å². The van der Waals surface area contributed by atoms with Crippen LogP contribution in [0.15, 0.2) is 42.5 Å². The number of methoxy groups -OCH3 is 1. The lowest BCUT2D eigenvalue weighted by molar-refractivity contribution is 0.0937. The third-order valence-corrected chi connectivity index (χ3v) is 3.61. The van der Waals surface area contributed by atoms with Gasteiger partial charge in [-0.1, -0.05) is 35.3 Å². The number of rotatable bonds is 4. The Hall–Kier alpha value is -1.71. The monoisotopic (exact) mass is 323 g/mol. The molecule has 0 unspecified atom stereocenters. The van der Waals surface area contributed by atoms with Crippen LogP contribution in [-0.4, -0.2) is 13.0 Å². The summed E-state index contributed by atoms with van der Waals surface area (Å²) in [4.78, 5) is 12.4. The van der Waals surface area contributed by atoms with Gasteiger partial charge in [-0.25, -0.2) is 0 Å². The van der Waals surface area contributed by atoms with Gasteiger partial charge in [-0.3, -0.25) is 4.79 Å². The van der Waals surface area contributed by atoms with E-state index in [-0.39, 0.29) is 11.9 Å². The van der Waals surface area contributed by atoms with Crippen molar-refractivity contribution in [2.45, 2.75) is 13.0 Å². The molecule has 0 aromatic heterocycles. The first-order valence-corrected chi connectivity index (χ1v) is 7.16. The number of amides is 1. The Morgan fingerprint density at radius 1 is 1.10 bits per heavy atom. The smallest absolute Gasteiger partial charge is 0.255 e. The molecule has 0 aliphatic rings. The number of hydrogen-bond acceptors (Lipinski definition) is 2. The van der Waals surface area contributed by atoms with Gasteiger partial charge >= 0.3 is 0 Å². The lowest BCUT2D eigenvalue weighted by Gasteiger charge is -2.16. The minimum atomic E-state index is -0.239. The van der Waals surface area contributed by atoms with Crippen molar-refractivity contribution in [2.75, 3.05) is 7.11 Å². The summed E-state index contributed by atoms with van der Waals surface area (Å²) in [7, 11) is 1.52. The van der Waals surface area contributed by atoms with E-state index in [1.165, 1.54) is 7.11 Å². The molecule has 21 heavy (non-hydrogen) atoms. The predicted molar refractivity (Wildman–Crippen MR) is 85.3 cm³/mol. The van der Waals surface area contributed by atoms with Crippen LogP contribution in [0.5, 0.6) is 5.75 Å². The molecule has 1 amide bonds. The second-order valence-corrected chi connectivity index (χ2v) is 5.46. The van der Waals surface area contributed by atoms with Crippen molar-refractivity contribution in [1.82, 2.24) is 5.32 Å². The Morgan fingerprint density at radius 3 is 2.33 bits per heavy atom. The van der Waals surface area contributed by atoms with Gasteiger partial charge in [0.15, 0.2) is 0 Å². The Bertz CT molecular complexity index is 641. The van der Waals surface area contributed by atoms with Crippen LogP contribution in [0, 0.1) is 0 Å². The van der Waals surface area contributed by atoms with E-state index in [9.17, 15) is 4.79 Å². The number of hydrogen-bond donors (Lipinski definition) is 1. The largest absolute Gasteiger partial charge is 0.496 e. The predicted octanol–water partition coefficient (Wildman–Crippen LogP) is 4.49. The van der Waals surface area contributed by atoms with Crippen LogP contribution in [0.3, 0.4) is 0 Å². The van der Waals surface area contributed by atoms with Gasteiger partial charge in [-0.2, -0.15) is 0 Å². The molecule has 3 nitrogen and oxygen atoms in total. The van der Waals surface area contributed by atoms with Crippen LogP contribution in [0.1, 0.15) is 28.9 Å². The van der Waals surface area contributed by atoms with E-state index < -0.39 is 0 Å². The van der Waals surface area contributed by atoms with Crippen LogP contribution >= 0.6 is 23.2 Å². The maximum atomic E-state index is 12.4. The molecule has 2 aromatic rings. The molecule has 0 saturated heterocycles. The lowest BCUT2D eigenvalue weighted by atomic mass is 10.1. The Kier molecular flexibility index (Phi) is 5.10. The summed E-state index contributed by atoms with van der Waals surface area (Å²) < 4.78 is 5.19. The average molecular weight is 324 g/mol. The number of nitrogens with one attached hydrogen (secondary N) is 1. The molecular weight excluding hydrogens is 309 g/mol. The molecule has 2 aromatic carbocycles. The highest BCUT2D eigenvalue weighted by Crippen LogP contribution is 2.24. The first-order valence-electron chi connectivity index (χ1n) is 6.41. The van der Waals surface area contributed by atoms with Crippen molar-refractivity contribution < 1.29 is 9.53 Å². The van der Waals surface area contributed by atoms with E-state index in [4.69, 9.17) is 27.9 Å². The fourth-order valence-corrected chi connectivity index (χ4v) is 2.26. The minimum Gasteiger partial charge on any atom is -0.496 e. The van der Waals surface area contributed by atoms with Crippen molar-refractivity contribution in [2.24, 2.45) is 0 Å². The molecule has 0 fully saturated rings. The molecule has 2 rings (SSSR count). The van der Waals surface area contributed by atoms with Gasteiger partial charge in [0.2, 0.25) is 0 Å². The Labute approximate surface area is 133 Å². The molecule has 1 N–H and O–H groups in total. The highest BCUT2D eigenvalue weighted by atomic mass is 35.5. The summed E-state index contributed by atoms with van der Waals surface area (Å²) >= 11 is 11.8. The first-order chi connectivity index (χ1) is 10.0. The zero-order valence-electron chi connectivity index (χ0n) is 11.7. The van der Waals surface area contributed by atoms with Crippen molar-refractivity contribution in [3.05, 3.63) is 63.6 Å². The van der Waals surface area contributed by atoms with Crippen LogP contribution < -0.4 is 10.1 Å². The number of carbonyl (C=O) groups excluding carboxylic acids is 1. The molecule has 0 aliphatic carbocycles. The molecule has 0 radical (unpaired) electrons. The summed E-state index contributed by atoms with van der Waals surface area (Å²) in [5.41, 5.74) is 1.37. The van der Waals surface area contributed by atoms with E-state index in [2.05, 4.69) is 5.32 Å². The van der Waals surface area contributed by atoms with Gasteiger partial charge in [0.05, 0.1) is 18.7 Å². The van der Waals surface area contributed by atoms with Gasteiger partial charge in [0.1, 0.15) is 5.75 Å². The highest BCUT2D eigenvalue weighted by Gasteiger charge is 2.16. The van der Waals surface area contributed by atoms with E-state index >= 15 is 0 Å². The summed E-state index contributed by atoms with van der Waals surface area (Å²) in [5, 5.41) is 4.06. The zero-order chi connectivity index (χ0) is 15.4. The average Bonchev–Trinajstić information content (AvgIpc) is 2.47. The van der Waals surface area contributed by atoms with Gasteiger partial charge in [-0.05, 0) is 42.8 Å². The standard InChI is InChI=1S/C16H15Cl2NO2/c1-10(11-3-5-12(17)6-4-11)19-16(20)14-9-13(18)7-8-15(14)21-2/h3-10H,1-2H3,(H,19,20)/t10-/m0/s1. The van der Waals surface area contributed by atoms with Crippen LogP contribution in [0.4, 0.5) is 0 Å². The van der Waals surface area contributed by atoms with E-state index in [1.54, 1.807) is 30.3 Å². The van der Waals surface area contributed by atoms with Gasteiger partial charge in [-0.15, -0.1) is 0 Å². The Morgan fingerprint density at radius 2 is 1.71 bits per heavy atom. The van der Waals surface area contributed by atoms with Crippen molar-refractivity contribution in [1.29, 1.82) is 0 Å².